The predicted molar refractivity (Wildman–Crippen MR) is 47.3 cm³/mol. The second-order valence-electron chi connectivity index (χ2n) is 2.97. The minimum atomic E-state index is -5.56. The van der Waals surface area contributed by atoms with E-state index in [9.17, 15) is 34.8 Å². The summed E-state index contributed by atoms with van der Waals surface area (Å²) >= 11 is 0. The number of hydrogen-bond donors (Lipinski definition) is 0. The molecule has 0 N–H and O–H groups in total. The molecule has 1 aromatic heterocycles. The van der Waals surface area contributed by atoms with E-state index in [1.807, 2.05) is 0 Å². The molecule has 1 rings (SSSR count). The number of pyridine rings is 1. The van der Waals surface area contributed by atoms with Gasteiger partial charge in [-0.1, -0.05) is 0 Å². The monoisotopic (exact) mass is 313 g/mol. The quantitative estimate of drug-likeness (QED) is 0.591. The molecule has 0 amide bonds. The Hall–Kier alpha value is -1.03. The molecular formula is C7H2ClF6NO2S. The fraction of sp³-hybridized carbons (Fsp3) is 0.286. The van der Waals surface area contributed by atoms with Crippen molar-refractivity contribution in [2.75, 3.05) is 0 Å². The van der Waals surface area contributed by atoms with Crippen molar-refractivity contribution in [1.29, 1.82) is 0 Å². The molecule has 18 heavy (non-hydrogen) atoms. The molecule has 0 aromatic carbocycles. The first-order valence-electron chi connectivity index (χ1n) is 3.93. The topological polar surface area (TPSA) is 47.0 Å². The third-order valence-corrected chi connectivity index (χ3v) is 2.95. The maximum atomic E-state index is 12.5. The Balaban J connectivity index is 3.79. The van der Waals surface area contributed by atoms with E-state index in [0.717, 1.165) is 0 Å². The average molecular weight is 314 g/mol. The Kier molecular flexibility index (Phi) is 3.56. The normalized spacial score (nSPS) is 13.7. The first-order valence-corrected chi connectivity index (χ1v) is 6.24. The Morgan fingerprint density at radius 3 is 1.89 bits per heavy atom. The Bertz CT molecular complexity index is 564. The molecule has 0 radical (unpaired) electrons. The Morgan fingerprint density at radius 2 is 1.56 bits per heavy atom. The minimum absolute atomic E-state index is 0.0222. The number of hydrogen-bond acceptors (Lipinski definition) is 3. The van der Waals surface area contributed by atoms with E-state index in [0.29, 0.717) is 0 Å². The van der Waals surface area contributed by atoms with Gasteiger partial charge in [0.15, 0.2) is 5.03 Å². The van der Waals surface area contributed by atoms with Gasteiger partial charge < -0.3 is 0 Å². The first-order chi connectivity index (χ1) is 7.85. The average Bonchev–Trinajstić information content (AvgIpc) is 2.12. The summed E-state index contributed by atoms with van der Waals surface area (Å²) in [5.74, 6) is 0. The van der Waals surface area contributed by atoms with Gasteiger partial charge >= 0.3 is 12.4 Å². The van der Waals surface area contributed by atoms with Gasteiger partial charge in [-0.2, -0.15) is 26.3 Å². The van der Waals surface area contributed by atoms with Crippen molar-refractivity contribution >= 4 is 19.7 Å². The highest BCUT2D eigenvalue weighted by Crippen LogP contribution is 2.42. The fourth-order valence-electron chi connectivity index (χ4n) is 1.14. The third kappa shape index (κ3) is 3.05. The number of aromatic nitrogens is 1. The highest BCUT2D eigenvalue weighted by Gasteiger charge is 2.47. The summed E-state index contributed by atoms with van der Waals surface area (Å²) in [6.07, 6.45) is -10.7. The molecule has 0 bridgehead atoms. The van der Waals surface area contributed by atoms with Gasteiger partial charge in [0.1, 0.15) is 5.56 Å². The molecular weight excluding hydrogens is 312 g/mol. The van der Waals surface area contributed by atoms with Crippen LogP contribution < -0.4 is 0 Å². The minimum Gasteiger partial charge on any atom is -0.243 e. The molecule has 1 heterocycles. The summed E-state index contributed by atoms with van der Waals surface area (Å²) < 4.78 is 96.3. The summed E-state index contributed by atoms with van der Waals surface area (Å²) in [5, 5.41) is -1.87. The number of alkyl halides is 6. The smallest absolute Gasteiger partial charge is 0.243 e. The van der Waals surface area contributed by atoms with Gasteiger partial charge in [0.2, 0.25) is 0 Å². The molecule has 1 aromatic rings. The Morgan fingerprint density at radius 1 is 1.06 bits per heavy atom. The maximum absolute atomic E-state index is 12.5. The van der Waals surface area contributed by atoms with Crippen molar-refractivity contribution in [3.8, 4) is 0 Å². The van der Waals surface area contributed by atoms with Gasteiger partial charge in [0.05, 0.1) is 5.56 Å². The highest BCUT2D eigenvalue weighted by molar-refractivity contribution is 8.13. The van der Waals surface area contributed by atoms with Gasteiger partial charge in [-0.15, -0.1) is 0 Å². The van der Waals surface area contributed by atoms with E-state index in [1.54, 1.807) is 0 Å². The predicted octanol–water partition coefficient (Wildman–Crippen LogP) is 3.05. The zero-order chi connectivity index (χ0) is 14.4. The third-order valence-electron chi connectivity index (χ3n) is 1.74. The summed E-state index contributed by atoms with van der Waals surface area (Å²) in [6, 6.07) is 0.0222. The van der Waals surface area contributed by atoms with Crippen LogP contribution in [0, 0.1) is 0 Å². The summed E-state index contributed by atoms with van der Waals surface area (Å²) in [7, 11) is -0.424. The SMILES string of the molecule is O=S(=O)(Cl)c1nccc(C(F)(F)F)c1C(F)(F)F. The first kappa shape index (κ1) is 15.0. The van der Waals surface area contributed by atoms with Crippen molar-refractivity contribution in [3.63, 3.8) is 0 Å². The number of nitrogens with zero attached hydrogens (tertiary/aromatic N) is 1. The van der Waals surface area contributed by atoms with Crippen molar-refractivity contribution in [2.24, 2.45) is 0 Å². The lowest BCUT2D eigenvalue weighted by atomic mass is 10.1. The molecule has 0 saturated heterocycles. The molecule has 11 heteroatoms. The van der Waals surface area contributed by atoms with Crippen molar-refractivity contribution in [2.45, 2.75) is 17.4 Å². The fourth-order valence-corrected chi connectivity index (χ4v) is 2.14. The summed E-state index contributed by atoms with van der Waals surface area (Å²) in [5.41, 5.74) is -4.59. The van der Waals surface area contributed by atoms with Crippen molar-refractivity contribution < 1.29 is 34.8 Å². The molecule has 0 aliphatic heterocycles. The van der Waals surface area contributed by atoms with Gasteiger partial charge in [-0.25, -0.2) is 13.4 Å². The molecule has 0 spiro atoms. The number of rotatable bonds is 1. The highest BCUT2D eigenvalue weighted by atomic mass is 35.7. The summed E-state index contributed by atoms with van der Waals surface area (Å²) in [6.45, 7) is 0. The van der Waals surface area contributed by atoms with E-state index < -0.39 is 37.6 Å². The van der Waals surface area contributed by atoms with Crippen LogP contribution in [0.5, 0.6) is 0 Å². The summed E-state index contributed by atoms with van der Waals surface area (Å²) in [4.78, 5) is 2.75. The van der Waals surface area contributed by atoms with Gasteiger partial charge in [0, 0.05) is 16.9 Å². The number of halogens is 7. The molecule has 0 fully saturated rings. The molecule has 0 atom stereocenters. The molecule has 0 aliphatic rings. The maximum Gasteiger partial charge on any atom is 0.419 e. The zero-order valence-corrected chi connectivity index (χ0v) is 9.54. The van der Waals surface area contributed by atoms with Gasteiger partial charge in [-0.05, 0) is 6.07 Å². The zero-order valence-electron chi connectivity index (χ0n) is 7.97. The van der Waals surface area contributed by atoms with Crippen LogP contribution in [0.2, 0.25) is 0 Å². The van der Waals surface area contributed by atoms with Crippen LogP contribution in [0.25, 0.3) is 0 Å². The molecule has 0 unspecified atom stereocenters. The van der Waals surface area contributed by atoms with Crippen molar-refractivity contribution in [3.05, 3.63) is 23.4 Å². The van der Waals surface area contributed by atoms with Crippen LogP contribution in [0.3, 0.4) is 0 Å². The van der Waals surface area contributed by atoms with E-state index >= 15 is 0 Å². The largest absolute Gasteiger partial charge is 0.419 e. The van der Waals surface area contributed by atoms with Crippen LogP contribution in [-0.2, 0) is 21.4 Å². The van der Waals surface area contributed by atoms with Crippen LogP contribution in [0.1, 0.15) is 11.1 Å². The molecule has 0 saturated carbocycles. The lowest BCUT2D eigenvalue weighted by Crippen LogP contribution is -2.20. The lowest BCUT2D eigenvalue weighted by Gasteiger charge is -2.16. The van der Waals surface area contributed by atoms with E-state index in [-0.39, 0.29) is 12.3 Å². The van der Waals surface area contributed by atoms with E-state index in [2.05, 4.69) is 15.7 Å². The van der Waals surface area contributed by atoms with E-state index in [1.165, 1.54) is 0 Å². The van der Waals surface area contributed by atoms with E-state index in [4.69, 9.17) is 0 Å². The molecule has 0 aliphatic carbocycles. The molecule has 3 nitrogen and oxygen atoms in total. The second-order valence-corrected chi connectivity index (χ2v) is 5.45. The van der Waals surface area contributed by atoms with Crippen LogP contribution in [0.15, 0.2) is 17.3 Å². The van der Waals surface area contributed by atoms with Gasteiger partial charge in [-0.3, -0.25) is 0 Å². The van der Waals surface area contributed by atoms with Crippen LogP contribution >= 0.6 is 10.7 Å². The standard InChI is InChI=1S/C7H2ClF6NO2S/c8-18(16,17)5-4(7(12,13)14)3(1-2-15-5)6(9,10)11/h1-2H. The van der Waals surface area contributed by atoms with Crippen LogP contribution in [0.4, 0.5) is 26.3 Å². The Labute approximate surface area is 101 Å². The second kappa shape index (κ2) is 4.26. The lowest BCUT2D eigenvalue weighted by molar-refractivity contribution is -0.164. The molecule has 102 valence electrons. The van der Waals surface area contributed by atoms with Crippen LogP contribution in [-0.4, -0.2) is 13.4 Å². The van der Waals surface area contributed by atoms with Crippen molar-refractivity contribution in [1.82, 2.24) is 4.98 Å². The van der Waals surface area contributed by atoms with Gasteiger partial charge in [0.25, 0.3) is 9.05 Å².